The van der Waals surface area contributed by atoms with Crippen LogP contribution in [0, 0.1) is 19.8 Å². The summed E-state index contributed by atoms with van der Waals surface area (Å²) in [5, 5.41) is 7.33. The third-order valence-electron chi connectivity index (χ3n) is 3.69. The van der Waals surface area contributed by atoms with E-state index in [1.54, 1.807) is 13.8 Å². The number of carbonyl (C=O) groups is 2. The lowest BCUT2D eigenvalue weighted by atomic mass is 10.1. The first-order valence-corrected chi connectivity index (χ1v) is 8.69. The van der Waals surface area contributed by atoms with Crippen molar-refractivity contribution in [1.29, 1.82) is 0 Å². The Bertz CT molecular complexity index is 562. The number of rotatable bonds is 9. The molecule has 0 aromatic carbocycles. The lowest BCUT2D eigenvalue weighted by Crippen LogP contribution is -2.27. The second kappa shape index (κ2) is 9.45. The highest BCUT2D eigenvalue weighted by Crippen LogP contribution is 2.16. The molecule has 1 aromatic rings. The minimum Gasteiger partial charge on any atom is -0.463 e. The third-order valence-corrected chi connectivity index (χ3v) is 3.69. The van der Waals surface area contributed by atoms with Crippen molar-refractivity contribution in [2.75, 3.05) is 6.54 Å². The van der Waals surface area contributed by atoms with E-state index in [0.29, 0.717) is 25.3 Å². The van der Waals surface area contributed by atoms with Gasteiger partial charge in [-0.05, 0) is 45.6 Å². The molecule has 0 fully saturated rings. The van der Waals surface area contributed by atoms with E-state index in [4.69, 9.17) is 4.74 Å². The topological polar surface area (TPSA) is 73.2 Å². The van der Waals surface area contributed by atoms with E-state index in [1.807, 2.05) is 11.6 Å². The number of aromatic nitrogens is 2. The number of nitrogens with one attached hydrogen (secondary N) is 1. The molecule has 0 saturated heterocycles. The lowest BCUT2D eigenvalue weighted by Gasteiger charge is -2.09. The van der Waals surface area contributed by atoms with Crippen LogP contribution in [-0.4, -0.2) is 34.3 Å². The number of ether oxygens (including phenoxy) is 1. The molecule has 6 heteroatoms. The van der Waals surface area contributed by atoms with Crippen molar-refractivity contribution in [3.8, 4) is 0 Å². The normalized spacial score (nSPS) is 11.2. The predicted molar refractivity (Wildman–Crippen MR) is 93.7 cm³/mol. The second-order valence-electron chi connectivity index (χ2n) is 6.86. The predicted octanol–water partition coefficient (Wildman–Crippen LogP) is 2.55. The Morgan fingerprint density at radius 1 is 1.17 bits per heavy atom. The van der Waals surface area contributed by atoms with Gasteiger partial charge in [-0.1, -0.05) is 13.8 Å². The zero-order chi connectivity index (χ0) is 18.3. The average molecular weight is 337 g/mol. The zero-order valence-electron chi connectivity index (χ0n) is 15.8. The van der Waals surface area contributed by atoms with E-state index in [9.17, 15) is 9.59 Å². The number of nitrogens with zero attached hydrogens (tertiary/aromatic N) is 2. The highest BCUT2D eigenvalue weighted by molar-refractivity contribution is 5.77. The van der Waals surface area contributed by atoms with Gasteiger partial charge in [0.25, 0.3) is 0 Å². The van der Waals surface area contributed by atoms with Gasteiger partial charge in [-0.3, -0.25) is 14.3 Å². The quantitative estimate of drug-likeness (QED) is 0.703. The number of aryl methyl sites for hydroxylation is 1. The Morgan fingerprint density at radius 2 is 1.83 bits per heavy atom. The molecule has 136 valence electrons. The Hall–Kier alpha value is -1.85. The molecule has 1 rings (SSSR count). The monoisotopic (exact) mass is 337 g/mol. The van der Waals surface area contributed by atoms with Crippen LogP contribution in [0.2, 0.25) is 0 Å². The van der Waals surface area contributed by atoms with Gasteiger partial charge >= 0.3 is 5.97 Å². The van der Waals surface area contributed by atoms with Gasteiger partial charge in [-0.15, -0.1) is 0 Å². The highest BCUT2D eigenvalue weighted by Gasteiger charge is 2.14. The van der Waals surface area contributed by atoms with Crippen LogP contribution in [0.25, 0.3) is 0 Å². The van der Waals surface area contributed by atoms with Gasteiger partial charge < -0.3 is 10.1 Å². The van der Waals surface area contributed by atoms with Gasteiger partial charge in [0.05, 0.1) is 18.2 Å². The van der Waals surface area contributed by atoms with E-state index in [-0.39, 0.29) is 24.4 Å². The van der Waals surface area contributed by atoms with Crippen molar-refractivity contribution in [1.82, 2.24) is 15.1 Å². The fourth-order valence-corrected chi connectivity index (χ4v) is 2.57. The van der Waals surface area contributed by atoms with Crippen LogP contribution in [0.5, 0.6) is 0 Å². The molecule has 0 saturated carbocycles. The van der Waals surface area contributed by atoms with Crippen molar-refractivity contribution < 1.29 is 14.3 Å². The summed E-state index contributed by atoms with van der Waals surface area (Å²) in [6, 6.07) is 0. The van der Waals surface area contributed by atoms with Crippen molar-refractivity contribution in [3.05, 3.63) is 17.0 Å². The summed E-state index contributed by atoms with van der Waals surface area (Å²) in [4.78, 5) is 23.3. The molecule has 0 aliphatic heterocycles. The Morgan fingerprint density at radius 3 is 2.42 bits per heavy atom. The standard InChI is InChI=1S/C18H31N3O3/c1-12(2)11-21-15(6)16(14(5)20-21)7-8-17(22)19-10-9-18(23)24-13(3)4/h12-13H,7-11H2,1-6H3,(H,19,22). The summed E-state index contributed by atoms with van der Waals surface area (Å²) in [6.07, 6.45) is 1.14. The van der Waals surface area contributed by atoms with Crippen LogP contribution < -0.4 is 5.32 Å². The molecule has 1 amide bonds. The molecule has 0 bridgehead atoms. The van der Waals surface area contributed by atoms with Crippen LogP contribution in [0.4, 0.5) is 0 Å². The summed E-state index contributed by atoms with van der Waals surface area (Å²) in [5.41, 5.74) is 3.26. The van der Waals surface area contributed by atoms with E-state index in [0.717, 1.165) is 23.5 Å². The van der Waals surface area contributed by atoms with E-state index >= 15 is 0 Å². The summed E-state index contributed by atoms with van der Waals surface area (Å²) < 4.78 is 7.05. The molecule has 24 heavy (non-hydrogen) atoms. The molecule has 0 aliphatic rings. The fourth-order valence-electron chi connectivity index (χ4n) is 2.57. The number of carbonyl (C=O) groups excluding carboxylic acids is 2. The molecular formula is C18H31N3O3. The number of hydrogen-bond acceptors (Lipinski definition) is 4. The largest absolute Gasteiger partial charge is 0.463 e. The lowest BCUT2D eigenvalue weighted by molar-refractivity contribution is -0.147. The van der Waals surface area contributed by atoms with Crippen molar-refractivity contribution >= 4 is 11.9 Å². The number of amides is 1. The fraction of sp³-hybridized carbons (Fsp3) is 0.722. The van der Waals surface area contributed by atoms with Gasteiger partial charge in [0.15, 0.2) is 0 Å². The minimum absolute atomic E-state index is 0.0530. The maximum atomic E-state index is 11.9. The van der Waals surface area contributed by atoms with Gasteiger partial charge in [-0.25, -0.2) is 0 Å². The van der Waals surface area contributed by atoms with Crippen LogP contribution in [-0.2, 0) is 27.3 Å². The summed E-state index contributed by atoms with van der Waals surface area (Å²) in [7, 11) is 0. The van der Waals surface area contributed by atoms with Gasteiger partial charge in [-0.2, -0.15) is 5.10 Å². The van der Waals surface area contributed by atoms with Crippen LogP contribution in [0.3, 0.4) is 0 Å². The first-order chi connectivity index (χ1) is 11.2. The van der Waals surface area contributed by atoms with Crippen LogP contribution in [0.1, 0.15) is 57.5 Å². The van der Waals surface area contributed by atoms with Crippen LogP contribution >= 0.6 is 0 Å². The molecule has 0 unspecified atom stereocenters. The highest BCUT2D eigenvalue weighted by atomic mass is 16.5. The molecule has 0 atom stereocenters. The summed E-state index contributed by atoms with van der Waals surface area (Å²) in [6.45, 7) is 13.2. The maximum Gasteiger partial charge on any atom is 0.307 e. The molecule has 1 N–H and O–H groups in total. The minimum atomic E-state index is -0.285. The zero-order valence-corrected chi connectivity index (χ0v) is 15.8. The molecule has 1 aromatic heterocycles. The Kier molecular flexibility index (Phi) is 7.95. The van der Waals surface area contributed by atoms with Gasteiger partial charge in [0.1, 0.15) is 0 Å². The summed E-state index contributed by atoms with van der Waals surface area (Å²) in [5.74, 6) is 0.194. The van der Waals surface area contributed by atoms with Gasteiger partial charge in [0, 0.05) is 25.2 Å². The smallest absolute Gasteiger partial charge is 0.307 e. The van der Waals surface area contributed by atoms with Gasteiger partial charge in [0.2, 0.25) is 5.91 Å². The molecule has 0 spiro atoms. The maximum absolute atomic E-state index is 11.9. The Balaban J connectivity index is 2.42. The summed E-state index contributed by atoms with van der Waals surface area (Å²) >= 11 is 0. The SMILES string of the molecule is Cc1nn(CC(C)C)c(C)c1CCC(=O)NCCC(=O)OC(C)C. The average Bonchev–Trinajstić information content (AvgIpc) is 2.69. The van der Waals surface area contributed by atoms with Crippen LogP contribution in [0.15, 0.2) is 0 Å². The molecule has 6 nitrogen and oxygen atoms in total. The molecule has 0 aliphatic carbocycles. The Labute approximate surface area is 144 Å². The van der Waals surface area contributed by atoms with E-state index in [1.165, 1.54) is 0 Å². The number of esters is 1. The third kappa shape index (κ3) is 6.72. The van der Waals surface area contributed by atoms with Crippen molar-refractivity contribution in [2.45, 2.75) is 73.5 Å². The first kappa shape index (κ1) is 20.2. The van der Waals surface area contributed by atoms with Crippen molar-refractivity contribution in [3.63, 3.8) is 0 Å². The second-order valence-corrected chi connectivity index (χ2v) is 6.86. The number of hydrogen-bond donors (Lipinski definition) is 1. The van der Waals surface area contributed by atoms with Crippen molar-refractivity contribution in [2.24, 2.45) is 5.92 Å². The van der Waals surface area contributed by atoms with E-state index in [2.05, 4.69) is 31.2 Å². The molecule has 1 heterocycles. The van der Waals surface area contributed by atoms with E-state index < -0.39 is 0 Å². The molecular weight excluding hydrogens is 306 g/mol. The molecule has 0 radical (unpaired) electrons. The first-order valence-electron chi connectivity index (χ1n) is 8.69.